The van der Waals surface area contributed by atoms with Crippen LogP contribution in [0, 0.1) is 0 Å². The Hall–Kier alpha value is -0.380. The van der Waals surface area contributed by atoms with E-state index in [-0.39, 0.29) is 6.04 Å². The lowest BCUT2D eigenvalue weighted by Crippen LogP contribution is -2.46. The van der Waals surface area contributed by atoms with Gasteiger partial charge in [-0.25, -0.2) is 0 Å². The summed E-state index contributed by atoms with van der Waals surface area (Å²) in [5, 5.41) is 4.40. The molecule has 2 nitrogen and oxygen atoms in total. The second-order valence-electron chi connectivity index (χ2n) is 4.82. The van der Waals surface area contributed by atoms with Crippen LogP contribution < -0.4 is 5.73 Å². The van der Waals surface area contributed by atoms with Crippen LogP contribution in [-0.2, 0) is 0 Å². The summed E-state index contributed by atoms with van der Waals surface area (Å²) in [5.41, 5.74) is 7.69. The summed E-state index contributed by atoms with van der Waals surface area (Å²) >= 11 is 1.77. The lowest BCUT2D eigenvalue weighted by atomic mass is 9.88. The van der Waals surface area contributed by atoms with Crippen LogP contribution in [0.3, 0.4) is 0 Å². The van der Waals surface area contributed by atoms with Crippen LogP contribution in [-0.4, -0.2) is 24.0 Å². The molecular formula is C13H22N2S. The summed E-state index contributed by atoms with van der Waals surface area (Å²) in [6, 6.07) is 3.63. The summed E-state index contributed by atoms with van der Waals surface area (Å²) in [7, 11) is 2.24. The Morgan fingerprint density at radius 3 is 2.75 bits per heavy atom. The number of thiophene rings is 1. The number of nitrogens with zero attached hydrogens (tertiary/aromatic N) is 1. The highest BCUT2D eigenvalue weighted by Gasteiger charge is 2.31. The van der Waals surface area contributed by atoms with E-state index >= 15 is 0 Å². The zero-order valence-corrected chi connectivity index (χ0v) is 11.0. The third-order valence-electron chi connectivity index (χ3n) is 3.85. The molecule has 0 saturated heterocycles. The first-order valence-corrected chi connectivity index (χ1v) is 7.18. The fourth-order valence-electron chi connectivity index (χ4n) is 2.47. The zero-order valence-electron chi connectivity index (χ0n) is 10.2. The van der Waals surface area contributed by atoms with E-state index in [1.165, 1.54) is 24.8 Å². The molecule has 1 aliphatic carbocycles. The van der Waals surface area contributed by atoms with Crippen molar-refractivity contribution in [2.24, 2.45) is 5.73 Å². The van der Waals surface area contributed by atoms with Gasteiger partial charge in [-0.3, -0.25) is 4.90 Å². The Bertz CT molecular complexity index is 306. The Labute approximate surface area is 102 Å². The van der Waals surface area contributed by atoms with Gasteiger partial charge < -0.3 is 5.73 Å². The molecule has 3 heteroatoms. The van der Waals surface area contributed by atoms with Crippen molar-refractivity contribution in [3.8, 4) is 0 Å². The van der Waals surface area contributed by atoms with E-state index in [9.17, 15) is 0 Å². The first-order chi connectivity index (χ1) is 7.74. The van der Waals surface area contributed by atoms with E-state index in [4.69, 9.17) is 5.73 Å². The number of nitrogens with two attached hydrogens (primary N) is 1. The molecule has 0 bridgehead atoms. The van der Waals surface area contributed by atoms with E-state index < -0.39 is 0 Å². The highest BCUT2D eigenvalue weighted by molar-refractivity contribution is 7.07. The van der Waals surface area contributed by atoms with Crippen molar-refractivity contribution in [3.05, 3.63) is 22.4 Å². The maximum atomic E-state index is 6.29. The average Bonchev–Trinajstić information content (AvgIpc) is 2.68. The Kier molecular flexibility index (Phi) is 4.00. The summed E-state index contributed by atoms with van der Waals surface area (Å²) in [4.78, 5) is 2.50. The zero-order chi connectivity index (χ0) is 11.5. The third kappa shape index (κ3) is 2.31. The Morgan fingerprint density at radius 1 is 1.56 bits per heavy atom. The van der Waals surface area contributed by atoms with Crippen LogP contribution in [0.2, 0.25) is 0 Å². The molecule has 90 valence electrons. The predicted octanol–water partition coefficient (Wildman–Crippen LogP) is 3.01. The highest BCUT2D eigenvalue weighted by atomic mass is 32.1. The summed E-state index contributed by atoms with van der Waals surface area (Å²) < 4.78 is 0. The largest absolute Gasteiger partial charge is 0.326 e. The molecule has 0 radical (unpaired) electrons. The van der Waals surface area contributed by atoms with Crippen molar-refractivity contribution >= 4 is 11.3 Å². The van der Waals surface area contributed by atoms with Gasteiger partial charge in [-0.1, -0.05) is 13.3 Å². The first-order valence-electron chi connectivity index (χ1n) is 6.23. The average molecular weight is 238 g/mol. The molecule has 1 heterocycles. The summed E-state index contributed by atoms with van der Waals surface area (Å²) in [6.45, 7) is 2.18. The maximum Gasteiger partial charge on any atom is 0.0507 e. The van der Waals surface area contributed by atoms with Gasteiger partial charge in [-0.2, -0.15) is 11.3 Å². The van der Waals surface area contributed by atoms with E-state index in [0.717, 1.165) is 12.5 Å². The SMILES string of the molecule is CCC(N)C(c1ccsc1)N(C)C1CCC1. The van der Waals surface area contributed by atoms with Gasteiger partial charge in [0.25, 0.3) is 0 Å². The molecule has 0 amide bonds. The lowest BCUT2D eigenvalue weighted by Gasteiger charge is -2.42. The summed E-state index contributed by atoms with van der Waals surface area (Å²) in [6.07, 6.45) is 5.10. The van der Waals surface area contributed by atoms with Gasteiger partial charge in [0.1, 0.15) is 0 Å². The van der Waals surface area contributed by atoms with Gasteiger partial charge in [0.05, 0.1) is 6.04 Å². The molecule has 2 N–H and O–H groups in total. The van der Waals surface area contributed by atoms with Gasteiger partial charge in [-0.05, 0) is 48.7 Å². The Balaban J connectivity index is 2.13. The second kappa shape index (κ2) is 5.30. The lowest BCUT2D eigenvalue weighted by molar-refractivity contribution is 0.0941. The number of rotatable bonds is 5. The van der Waals surface area contributed by atoms with Crippen molar-refractivity contribution in [2.45, 2.75) is 50.7 Å². The molecule has 1 saturated carbocycles. The normalized spacial score (nSPS) is 20.8. The fraction of sp³-hybridized carbons (Fsp3) is 0.692. The molecule has 2 atom stereocenters. The van der Waals surface area contributed by atoms with Crippen molar-refractivity contribution in [3.63, 3.8) is 0 Å². The van der Waals surface area contributed by atoms with E-state index in [0.29, 0.717) is 6.04 Å². The van der Waals surface area contributed by atoms with Gasteiger partial charge in [0, 0.05) is 12.1 Å². The van der Waals surface area contributed by atoms with Gasteiger partial charge >= 0.3 is 0 Å². The molecule has 1 aromatic rings. The van der Waals surface area contributed by atoms with Crippen molar-refractivity contribution in [1.29, 1.82) is 0 Å². The third-order valence-corrected chi connectivity index (χ3v) is 4.55. The van der Waals surface area contributed by atoms with Crippen LogP contribution in [0.5, 0.6) is 0 Å². The van der Waals surface area contributed by atoms with Crippen LogP contribution in [0.25, 0.3) is 0 Å². The smallest absolute Gasteiger partial charge is 0.0507 e. The number of likely N-dealkylation sites (N-methyl/N-ethyl adjacent to an activating group) is 1. The highest BCUT2D eigenvalue weighted by Crippen LogP contribution is 2.33. The van der Waals surface area contributed by atoms with E-state index in [2.05, 4.69) is 35.7 Å². The van der Waals surface area contributed by atoms with Crippen LogP contribution in [0.4, 0.5) is 0 Å². The molecule has 1 aromatic heterocycles. The van der Waals surface area contributed by atoms with Crippen LogP contribution in [0.1, 0.15) is 44.2 Å². The predicted molar refractivity (Wildman–Crippen MR) is 70.7 cm³/mol. The van der Waals surface area contributed by atoms with Gasteiger partial charge in [0.15, 0.2) is 0 Å². The fourth-order valence-corrected chi connectivity index (χ4v) is 3.16. The van der Waals surface area contributed by atoms with Crippen molar-refractivity contribution in [1.82, 2.24) is 4.90 Å². The molecule has 2 unspecified atom stereocenters. The van der Waals surface area contributed by atoms with Crippen LogP contribution >= 0.6 is 11.3 Å². The standard InChI is InChI=1S/C13H22N2S/c1-3-12(14)13(10-7-8-16-9-10)15(2)11-5-4-6-11/h7-9,11-13H,3-6,14H2,1-2H3. The molecule has 16 heavy (non-hydrogen) atoms. The number of hydrogen-bond acceptors (Lipinski definition) is 3. The minimum atomic E-state index is 0.250. The molecule has 1 aliphatic rings. The first kappa shape index (κ1) is 12.1. The molecular weight excluding hydrogens is 216 g/mol. The maximum absolute atomic E-state index is 6.29. The molecule has 2 rings (SSSR count). The van der Waals surface area contributed by atoms with Crippen molar-refractivity contribution < 1.29 is 0 Å². The topological polar surface area (TPSA) is 29.3 Å². The molecule has 0 aromatic carbocycles. The molecule has 1 fully saturated rings. The van der Waals surface area contributed by atoms with Crippen LogP contribution in [0.15, 0.2) is 16.8 Å². The van der Waals surface area contributed by atoms with E-state index in [1.807, 2.05) is 0 Å². The number of hydrogen-bond donors (Lipinski definition) is 1. The monoisotopic (exact) mass is 238 g/mol. The second-order valence-corrected chi connectivity index (χ2v) is 5.60. The quantitative estimate of drug-likeness (QED) is 0.854. The molecule has 0 aliphatic heterocycles. The Morgan fingerprint density at radius 2 is 2.31 bits per heavy atom. The van der Waals surface area contributed by atoms with Gasteiger partial charge in [0.2, 0.25) is 0 Å². The minimum absolute atomic E-state index is 0.250. The van der Waals surface area contributed by atoms with Gasteiger partial charge in [-0.15, -0.1) is 0 Å². The minimum Gasteiger partial charge on any atom is -0.326 e. The summed E-state index contributed by atoms with van der Waals surface area (Å²) in [5.74, 6) is 0. The van der Waals surface area contributed by atoms with Crippen molar-refractivity contribution in [2.75, 3.05) is 7.05 Å². The van der Waals surface area contributed by atoms with E-state index in [1.54, 1.807) is 11.3 Å². The molecule has 0 spiro atoms.